The zero-order chi connectivity index (χ0) is 14.7. The second-order valence-corrected chi connectivity index (χ2v) is 5.41. The molecule has 1 aromatic heterocycles. The van der Waals surface area contributed by atoms with Gasteiger partial charge in [-0.1, -0.05) is 6.07 Å². The van der Waals surface area contributed by atoms with Gasteiger partial charge in [0.15, 0.2) is 0 Å². The molecule has 2 heterocycles. The molecule has 0 spiro atoms. The zero-order valence-corrected chi connectivity index (χ0v) is 12.0. The first-order chi connectivity index (χ1) is 10.3. The van der Waals surface area contributed by atoms with Crippen molar-refractivity contribution in [1.82, 2.24) is 9.78 Å². The number of unbranched alkanes of at least 4 members (excludes halogenated alkanes) is 1. The van der Waals surface area contributed by atoms with Gasteiger partial charge in [-0.25, -0.2) is 0 Å². The molecule has 5 nitrogen and oxygen atoms in total. The van der Waals surface area contributed by atoms with Crippen LogP contribution in [-0.2, 0) is 17.8 Å². The number of benzene rings is 1. The molecule has 0 atom stereocenters. The summed E-state index contributed by atoms with van der Waals surface area (Å²) in [5, 5.41) is 7.30. The SMILES string of the molecule is NCCCCn1cc(-c2ccc3c(c2)CCC(=O)N3)cn1. The summed E-state index contributed by atoms with van der Waals surface area (Å²) >= 11 is 0. The molecule has 1 aromatic carbocycles. The Labute approximate surface area is 124 Å². The lowest BCUT2D eigenvalue weighted by atomic mass is 9.98. The number of rotatable bonds is 5. The van der Waals surface area contributed by atoms with E-state index < -0.39 is 0 Å². The molecule has 0 aliphatic carbocycles. The van der Waals surface area contributed by atoms with Gasteiger partial charge in [-0.05, 0) is 49.1 Å². The summed E-state index contributed by atoms with van der Waals surface area (Å²) in [6.45, 7) is 1.63. The number of anilines is 1. The molecule has 0 saturated heterocycles. The highest BCUT2D eigenvalue weighted by atomic mass is 16.1. The minimum absolute atomic E-state index is 0.1000. The first-order valence-electron chi connectivity index (χ1n) is 7.42. The van der Waals surface area contributed by atoms with Gasteiger partial charge >= 0.3 is 0 Å². The van der Waals surface area contributed by atoms with Crippen molar-refractivity contribution in [3.8, 4) is 11.1 Å². The Morgan fingerprint density at radius 1 is 1.24 bits per heavy atom. The van der Waals surface area contributed by atoms with Crippen LogP contribution in [0.2, 0.25) is 0 Å². The minimum Gasteiger partial charge on any atom is -0.330 e. The minimum atomic E-state index is 0.1000. The summed E-state index contributed by atoms with van der Waals surface area (Å²) in [5.41, 5.74) is 9.90. The monoisotopic (exact) mass is 284 g/mol. The summed E-state index contributed by atoms with van der Waals surface area (Å²) in [5.74, 6) is 0.1000. The molecule has 0 bridgehead atoms. The number of aromatic nitrogens is 2. The molecule has 0 saturated carbocycles. The standard InChI is InChI=1S/C16H20N4O/c17-7-1-2-8-20-11-14(10-18-20)12-3-5-15-13(9-12)4-6-16(21)19-15/h3,5,9-11H,1-2,4,6-8,17H2,(H,19,21). The van der Waals surface area contributed by atoms with Gasteiger partial charge in [0.25, 0.3) is 0 Å². The van der Waals surface area contributed by atoms with Gasteiger partial charge in [0.2, 0.25) is 5.91 Å². The highest BCUT2D eigenvalue weighted by molar-refractivity contribution is 5.94. The molecule has 3 rings (SSSR count). The molecule has 3 N–H and O–H groups in total. The van der Waals surface area contributed by atoms with Crippen molar-refractivity contribution >= 4 is 11.6 Å². The van der Waals surface area contributed by atoms with Gasteiger partial charge in [0.05, 0.1) is 6.20 Å². The lowest BCUT2D eigenvalue weighted by Gasteiger charge is -2.17. The number of hydrogen-bond donors (Lipinski definition) is 2. The van der Waals surface area contributed by atoms with Crippen molar-refractivity contribution < 1.29 is 4.79 Å². The Morgan fingerprint density at radius 2 is 2.14 bits per heavy atom. The van der Waals surface area contributed by atoms with Crippen molar-refractivity contribution in [1.29, 1.82) is 0 Å². The molecule has 0 fully saturated rings. The van der Waals surface area contributed by atoms with Crippen LogP contribution >= 0.6 is 0 Å². The number of nitrogens with two attached hydrogens (primary N) is 1. The lowest BCUT2D eigenvalue weighted by Crippen LogP contribution is -2.18. The summed E-state index contributed by atoms with van der Waals surface area (Å²) in [6.07, 6.45) is 7.40. The molecule has 1 aliphatic rings. The number of nitrogens with zero attached hydrogens (tertiary/aromatic N) is 2. The Bertz CT molecular complexity index is 647. The van der Waals surface area contributed by atoms with Crippen LogP contribution in [0.5, 0.6) is 0 Å². The maximum Gasteiger partial charge on any atom is 0.224 e. The highest BCUT2D eigenvalue weighted by Crippen LogP contribution is 2.28. The number of carbonyl (C=O) groups excluding carboxylic acids is 1. The number of aryl methyl sites for hydroxylation is 2. The molecule has 21 heavy (non-hydrogen) atoms. The van der Waals surface area contributed by atoms with Gasteiger partial charge in [0.1, 0.15) is 0 Å². The van der Waals surface area contributed by atoms with Gasteiger partial charge < -0.3 is 11.1 Å². The van der Waals surface area contributed by atoms with E-state index in [0.717, 1.165) is 49.2 Å². The highest BCUT2D eigenvalue weighted by Gasteiger charge is 2.15. The average Bonchev–Trinajstić information content (AvgIpc) is 2.96. The van der Waals surface area contributed by atoms with Crippen molar-refractivity contribution in [2.75, 3.05) is 11.9 Å². The Hall–Kier alpha value is -2.14. The van der Waals surface area contributed by atoms with E-state index in [1.165, 1.54) is 5.56 Å². The topological polar surface area (TPSA) is 72.9 Å². The smallest absolute Gasteiger partial charge is 0.224 e. The number of carbonyl (C=O) groups is 1. The molecule has 5 heteroatoms. The fourth-order valence-electron chi connectivity index (χ4n) is 2.62. The van der Waals surface area contributed by atoms with Gasteiger partial charge in [-0.3, -0.25) is 9.48 Å². The third-order valence-corrected chi connectivity index (χ3v) is 3.81. The molecule has 2 aromatic rings. The third kappa shape index (κ3) is 3.13. The van der Waals surface area contributed by atoms with Crippen molar-refractivity contribution in [3.63, 3.8) is 0 Å². The molecular weight excluding hydrogens is 264 g/mol. The fourth-order valence-corrected chi connectivity index (χ4v) is 2.62. The predicted molar refractivity (Wildman–Crippen MR) is 82.9 cm³/mol. The summed E-state index contributed by atoms with van der Waals surface area (Å²) < 4.78 is 1.96. The van der Waals surface area contributed by atoms with Crippen molar-refractivity contribution in [2.45, 2.75) is 32.2 Å². The van der Waals surface area contributed by atoms with Crippen LogP contribution in [0, 0.1) is 0 Å². The largest absolute Gasteiger partial charge is 0.330 e. The molecule has 0 unspecified atom stereocenters. The second kappa shape index (κ2) is 6.10. The second-order valence-electron chi connectivity index (χ2n) is 5.41. The van der Waals surface area contributed by atoms with Crippen LogP contribution in [0.15, 0.2) is 30.6 Å². The first-order valence-corrected chi connectivity index (χ1v) is 7.42. The summed E-state index contributed by atoms with van der Waals surface area (Å²) in [7, 11) is 0. The van der Waals surface area contributed by atoms with Crippen LogP contribution in [-0.4, -0.2) is 22.2 Å². The van der Waals surface area contributed by atoms with E-state index in [2.05, 4.69) is 22.7 Å². The fraction of sp³-hybridized carbons (Fsp3) is 0.375. The van der Waals surface area contributed by atoms with Crippen LogP contribution in [0.4, 0.5) is 5.69 Å². The van der Waals surface area contributed by atoms with E-state index in [0.29, 0.717) is 6.42 Å². The van der Waals surface area contributed by atoms with E-state index in [1.54, 1.807) is 0 Å². The average molecular weight is 284 g/mol. The quantitative estimate of drug-likeness (QED) is 0.826. The number of nitrogens with one attached hydrogen (secondary N) is 1. The molecule has 1 aliphatic heterocycles. The van der Waals surface area contributed by atoms with Gasteiger partial charge in [-0.2, -0.15) is 5.10 Å². The van der Waals surface area contributed by atoms with E-state index >= 15 is 0 Å². The van der Waals surface area contributed by atoms with Crippen LogP contribution in [0.1, 0.15) is 24.8 Å². The van der Waals surface area contributed by atoms with Crippen LogP contribution < -0.4 is 11.1 Å². The Kier molecular flexibility index (Phi) is 4.01. The van der Waals surface area contributed by atoms with Crippen molar-refractivity contribution in [3.05, 3.63) is 36.2 Å². The van der Waals surface area contributed by atoms with E-state index in [4.69, 9.17) is 5.73 Å². The number of amides is 1. The third-order valence-electron chi connectivity index (χ3n) is 3.81. The van der Waals surface area contributed by atoms with E-state index in [1.807, 2.05) is 23.0 Å². The van der Waals surface area contributed by atoms with Gasteiger partial charge in [-0.15, -0.1) is 0 Å². The maximum absolute atomic E-state index is 11.4. The Balaban J connectivity index is 1.76. The summed E-state index contributed by atoms with van der Waals surface area (Å²) in [6, 6.07) is 6.16. The number of hydrogen-bond acceptors (Lipinski definition) is 3. The zero-order valence-electron chi connectivity index (χ0n) is 12.0. The van der Waals surface area contributed by atoms with Crippen LogP contribution in [0.3, 0.4) is 0 Å². The normalized spacial score (nSPS) is 13.9. The molecule has 0 radical (unpaired) electrons. The van der Waals surface area contributed by atoms with Gasteiger partial charge in [0, 0.05) is 30.4 Å². The van der Waals surface area contributed by atoms with E-state index in [9.17, 15) is 4.79 Å². The molecular formula is C16H20N4O. The maximum atomic E-state index is 11.4. The Morgan fingerprint density at radius 3 is 3.00 bits per heavy atom. The molecule has 110 valence electrons. The predicted octanol–water partition coefficient (Wildman–Crippen LogP) is 2.17. The first kappa shape index (κ1) is 13.8. The summed E-state index contributed by atoms with van der Waals surface area (Å²) in [4.78, 5) is 11.4. The van der Waals surface area contributed by atoms with Crippen molar-refractivity contribution in [2.24, 2.45) is 5.73 Å². The van der Waals surface area contributed by atoms with Crippen LogP contribution in [0.25, 0.3) is 11.1 Å². The van der Waals surface area contributed by atoms with E-state index in [-0.39, 0.29) is 5.91 Å². The molecule has 1 amide bonds. The lowest BCUT2D eigenvalue weighted by molar-refractivity contribution is -0.116. The number of fused-ring (bicyclic) bond motifs is 1.